The van der Waals surface area contributed by atoms with E-state index in [1.807, 2.05) is 18.2 Å². The summed E-state index contributed by atoms with van der Waals surface area (Å²) in [6.07, 6.45) is 0.404. The molecule has 0 radical (unpaired) electrons. The number of thiophene rings is 1. The van der Waals surface area contributed by atoms with Crippen LogP contribution >= 0.6 is 22.9 Å². The summed E-state index contributed by atoms with van der Waals surface area (Å²) in [5.74, 6) is 0.183. The zero-order valence-electron chi connectivity index (χ0n) is 15.3. The Hall–Kier alpha value is -2.32. The van der Waals surface area contributed by atoms with Crippen molar-refractivity contribution >= 4 is 43.2 Å². The molecule has 1 saturated heterocycles. The number of halogens is 2. The number of nitrogens with one attached hydrogen (secondary N) is 1. The monoisotopic (exact) mass is 429 g/mol. The van der Waals surface area contributed by atoms with Gasteiger partial charge in [0, 0.05) is 28.2 Å². The van der Waals surface area contributed by atoms with Gasteiger partial charge in [0.25, 0.3) is 5.56 Å². The van der Waals surface area contributed by atoms with Crippen LogP contribution in [0.15, 0.2) is 41.2 Å². The van der Waals surface area contributed by atoms with Crippen molar-refractivity contribution in [1.82, 2.24) is 14.9 Å². The van der Waals surface area contributed by atoms with E-state index >= 15 is 0 Å². The molecule has 3 heterocycles. The molecule has 0 aliphatic carbocycles. The van der Waals surface area contributed by atoms with Crippen LogP contribution < -0.4 is 5.56 Å². The average molecular weight is 430 g/mol. The van der Waals surface area contributed by atoms with E-state index in [1.165, 1.54) is 23.5 Å². The minimum absolute atomic E-state index is 0.165. The van der Waals surface area contributed by atoms with Crippen molar-refractivity contribution in [1.29, 1.82) is 0 Å². The van der Waals surface area contributed by atoms with Crippen LogP contribution in [0.3, 0.4) is 0 Å². The van der Waals surface area contributed by atoms with Crippen molar-refractivity contribution < 1.29 is 9.50 Å². The largest absolute Gasteiger partial charge is 0.392 e. The van der Waals surface area contributed by atoms with Crippen LogP contribution in [0.4, 0.5) is 4.39 Å². The number of aromatic nitrogens is 2. The quantitative estimate of drug-likeness (QED) is 0.513. The molecule has 1 fully saturated rings. The highest BCUT2D eigenvalue weighted by atomic mass is 35.5. The van der Waals surface area contributed by atoms with Crippen LogP contribution in [-0.4, -0.2) is 39.2 Å². The number of aliphatic hydroxyl groups is 1. The number of β-amino-alcohol motifs (C(OH)–C–C–N with tert-alkyl or cyclic N) is 1. The number of likely N-dealkylation sites (tertiary alicyclic amines) is 1. The molecule has 29 heavy (non-hydrogen) atoms. The molecule has 0 amide bonds. The van der Waals surface area contributed by atoms with Crippen molar-refractivity contribution in [3.8, 4) is 11.1 Å². The summed E-state index contributed by atoms with van der Waals surface area (Å²) in [6, 6.07) is 10.2. The normalized spacial score (nSPS) is 17.6. The third kappa shape index (κ3) is 3.55. The zero-order chi connectivity index (χ0) is 20.1. The van der Waals surface area contributed by atoms with Gasteiger partial charge in [0.15, 0.2) is 0 Å². The lowest BCUT2D eigenvalue weighted by atomic mass is 10.0. The van der Waals surface area contributed by atoms with Crippen molar-refractivity contribution in [2.24, 2.45) is 0 Å². The summed E-state index contributed by atoms with van der Waals surface area (Å²) in [4.78, 5) is 22.3. The Morgan fingerprint density at radius 1 is 1.28 bits per heavy atom. The number of hydrogen-bond acceptors (Lipinski definition) is 5. The maximum absolute atomic E-state index is 13.8. The lowest BCUT2D eigenvalue weighted by Crippen LogP contribution is -2.24. The fourth-order valence-corrected chi connectivity index (χ4v) is 5.08. The van der Waals surface area contributed by atoms with Gasteiger partial charge in [-0.25, -0.2) is 9.37 Å². The predicted molar refractivity (Wildman–Crippen MR) is 114 cm³/mol. The summed E-state index contributed by atoms with van der Waals surface area (Å²) >= 11 is 7.40. The molecule has 4 aromatic rings. The number of rotatable bonds is 3. The van der Waals surface area contributed by atoms with E-state index < -0.39 is 5.82 Å². The lowest BCUT2D eigenvalue weighted by molar-refractivity contribution is 0.174. The van der Waals surface area contributed by atoms with Gasteiger partial charge in [-0.2, -0.15) is 0 Å². The summed E-state index contributed by atoms with van der Waals surface area (Å²) < 4.78 is 15.3. The summed E-state index contributed by atoms with van der Waals surface area (Å²) in [6.45, 7) is 1.84. The first kappa shape index (κ1) is 18.7. The molecular weight excluding hydrogens is 413 g/mol. The van der Waals surface area contributed by atoms with Gasteiger partial charge < -0.3 is 10.1 Å². The molecule has 0 saturated carbocycles. The van der Waals surface area contributed by atoms with Gasteiger partial charge in [0.05, 0.1) is 18.2 Å². The third-order valence-corrected chi connectivity index (χ3v) is 6.57. The van der Waals surface area contributed by atoms with E-state index in [0.29, 0.717) is 39.7 Å². The summed E-state index contributed by atoms with van der Waals surface area (Å²) in [7, 11) is 0. The number of benzene rings is 2. The molecule has 1 aliphatic rings. The van der Waals surface area contributed by atoms with Crippen molar-refractivity contribution in [2.75, 3.05) is 13.1 Å². The first-order valence-corrected chi connectivity index (χ1v) is 10.5. The predicted octanol–water partition coefficient (Wildman–Crippen LogP) is 4.16. The highest BCUT2D eigenvalue weighted by molar-refractivity contribution is 7.25. The molecule has 0 bridgehead atoms. The first-order chi connectivity index (χ1) is 14.0. The Kier molecular flexibility index (Phi) is 4.63. The highest BCUT2D eigenvalue weighted by Crippen LogP contribution is 2.34. The molecule has 2 N–H and O–H groups in total. The van der Waals surface area contributed by atoms with Crippen LogP contribution in [0.25, 0.3) is 31.4 Å². The van der Waals surface area contributed by atoms with Crippen LogP contribution in [0.2, 0.25) is 5.02 Å². The van der Waals surface area contributed by atoms with Gasteiger partial charge in [0.1, 0.15) is 16.3 Å². The van der Waals surface area contributed by atoms with Gasteiger partial charge in [-0.15, -0.1) is 11.3 Å². The Labute approximate surface area is 174 Å². The molecule has 1 atom stereocenters. The molecule has 0 unspecified atom stereocenters. The maximum atomic E-state index is 13.8. The fraction of sp³-hybridized carbons (Fsp3) is 0.238. The van der Waals surface area contributed by atoms with E-state index in [4.69, 9.17) is 16.6 Å². The number of hydrogen-bond donors (Lipinski definition) is 2. The molecule has 148 valence electrons. The van der Waals surface area contributed by atoms with Crippen molar-refractivity contribution in [2.45, 2.75) is 19.1 Å². The molecule has 5 rings (SSSR count). The molecule has 2 aromatic carbocycles. The number of aromatic amines is 1. The van der Waals surface area contributed by atoms with Gasteiger partial charge in [0.2, 0.25) is 0 Å². The lowest BCUT2D eigenvalue weighted by Gasteiger charge is -2.13. The second-order valence-electron chi connectivity index (χ2n) is 7.34. The molecule has 8 heteroatoms. The van der Waals surface area contributed by atoms with E-state index in [2.05, 4.69) is 9.88 Å². The minimum atomic E-state index is -0.396. The second-order valence-corrected chi connectivity index (χ2v) is 8.83. The van der Waals surface area contributed by atoms with Crippen LogP contribution in [-0.2, 0) is 6.54 Å². The minimum Gasteiger partial charge on any atom is -0.392 e. The Balaban J connectivity index is 1.62. The number of aliphatic hydroxyl groups excluding tert-OH is 1. The van der Waals surface area contributed by atoms with Crippen LogP contribution in [0.5, 0.6) is 0 Å². The Morgan fingerprint density at radius 2 is 2.14 bits per heavy atom. The van der Waals surface area contributed by atoms with Crippen molar-refractivity contribution in [3.63, 3.8) is 0 Å². The van der Waals surface area contributed by atoms with E-state index in [-0.39, 0.29) is 11.7 Å². The van der Waals surface area contributed by atoms with E-state index in [9.17, 15) is 14.3 Å². The van der Waals surface area contributed by atoms with E-state index in [1.54, 1.807) is 6.07 Å². The van der Waals surface area contributed by atoms with Gasteiger partial charge in [-0.3, -0.25) is 9.69 Å². The van der Waals surface area contributed by atoms with Crippen LogP contribution in [0.1, 0.15) is 12.2 Å². The summed E-state index contributed by atoms with van der Waals surface area (Å²) in [5.41, 5.74) is 1.96. The highest BCUT2D eigenvalue weighted by Gasteiger charge is 2.21. The SMILES string of the molecule is O=c1[nH]c(CN2CC[C@H](O)C2)nc2c1sc1ccc(-c3cc(F)cc(Cl)c3)cc12. The smallest absolute Gasteiger partial charge is 0.268 e. The fourth-order valence-electron chi connectivity index (χ4n) is 3.84. The van der Waals surface area contributed by atoms with Gasteiger partial charge >= 0.3 is 0 Å². The Bertz CT molecular complexity index is 1280. The molecule has 0 spiro atoms. The first-order valence-electron chi connectivity index (χ1n) is 9.28. The average Bonchev–Trinajstić information content (AvgIpc) is 3.24. The van der Waals surface area contributed by atoms with Crippen LogP contribution in [0, 0.1) is 5.82 Å². The zero-order valence-corrected chi connectivity index (χ0v) is 16.9. The molecule has 5 nitrogen and oxygen atoms in total. The van der Waals surface area contributed by atoms with Gasteiger partial charge in [-0.05, 0) is 47.9 Å². The molecular formula is C21H17ClFN3O2S. The number of fused-ring (bicyclic) bond motifs is 3. The second kappa shape index (κ2) is 7.18. The van der Waals surface area contributed by atoms with Gasteiger partial charge in [-0.1, -0.05) is 17.7 Å². The third-order valence-electron chi connectivity index (χ3n) is 5.19. The Morgan fingerprint density at radius 3 is 2.90 bits per heavy atom. The van der Waals surface area contributed by atoms with Crippen molar-refractivity contribution in [3.05, 3.63) is 63.4 Å². The maximum Gasteiger partial charge on any atom is 0.268 e. The molecule has 1 aliphatic heterocycles. The van der Waals surface area contributed by atoms with E-state index in [0.717, 1.165) is 28.6 Å². The molecule has 2 aromatic heterocycles. The summed E-state index contributed by atoms with van der Waals surface area (Å²) in [5, 5.41) is 10.9. The number of H-pyrrole nitrogens is 1. The standard InChI is InChI=1S/C21H17ClFN3O2S/c22-13-5-12(6-14(23)8-13)11-1-2-17-16(7-11)19-20(29-17)21(28)25-18(24-19)10-26-4-3-15(27)9-26/h1-2,5-8,15,27H,3-4,9-10H2,(H,24,25,28)/t15-/m0/s1. The number of nitrogens with zero attached hydrogens (tertiary/aromatic N) is 2. The topological polar surface area (TPSA) is 69.2 Å².